The summed E-state index contributed by atoms with van der Waals surface area (Å²) in [6, 6.07) is 16.3. The number of amides is 1. The topological polar surface area (TPSA) is 50.5 Å². The lowest BCUT2D eigenvalue weighted by Crippen LogP contribution is -2.30. The predicted octanol–water partition coefficient (Wildman–Crippen LogP) is 4.44. The number of rotatable bonds is 6. The van der Waals surface area contributed by atoms with Gasteiger partial charge in [-0.05, 0) is 53.8 Å². The Hall–Kier alpha value is -3.47. The molecule has 0 bridgehead atoms. The minimum atomic E-state index is -0.0882. The Morgan fingerprint density at radius 1 is 1.03 bits per heavy atom. The summed E-state index contributed by atoms with van der Waals surface area (Å²) in [5, 5.41) is 0. The fourth-order valence-electron chi connectivity index (χ4n) is 3.36. The Morgan fingerprint density at radius 3 is 2.52 bits per heavy atom. The Balaban J connectivity index is 1.64. The fraction of sp³-hybridized carbons (Fsp3) is 0.208. The van der Waals surface area contributed by atoms with Gasteiger partial charge in [0.25, 0.3) is 5.91 Å². The van der Waals surface area contributed by atoms with Gasteiger partial charge < -0.3 is 9.30 Å². The quantitative estimate of drug-likeness (QED) is 0.494. The Kier molecular flexibility index (Phi) is 5.38. The van der Waals surface area contributed by atoms with Crippen molar-refractivity contribution in [2.24, 2.45) is 0 Å². The van der Waals surface area contributed by atoms with Crippen molar-refractivity contribution in [3.05, 3.63) is 101 Å². The molecule has 0 radical (unpaired) electrons. The van der Waals surface area contributed by atoms with Crippen LogP contribution in [0.1, 0.15) is 39.7 Å². The van der Waals surface area contributed by atoms with Crippen molar-refractivity contribution in [1.29, 1.82) is 0 Å². The van der Waals surface area contributed by atoms with Crippen molar-refractivity contribution in [1.82, 2.24) is 19.3 Å². The highest BCUT2D eigenvalue weighted by Crippen LogP contribution is 2.16. The van der Waals surface area contributed by atoms with Crippen LogP contribution in [0.5, 0.6) is 0 Å². The molecule has 0 fully saturated rings. The number of pyridine rings is 2. The smallest absolute Gasteiger partial charge is 0.274 e. The normalized spacial score (nSPS) is 11.0. The number of hydrogen-bond acceptors (Lipinski definition) is 3. The summed E-state index contributed by atoms with van der Waals surface area (Å²) in [6.07, 6.45) is 8.27. The molecule has 0 spiro atoms. The van der Waals surface area contributed by atoms with Crippen LogP contribution in [0.15, 0.2) is 73.3 Å². The van der Waals surface area contributed by atoms with Crippen LogP contribution in [-0.2, 0) is 19.5 Å². The first kappa shape index (κ1) is 18.9. The summed E-state index contributed by atoms with van der Waals surface area (Å²) < 4.78 is 1.89. The molecular formula is C24H24N4O. The number of hydrogen-bond donors (Lipinski definition) is 0. The minimum Gasteiger partial charge on any atom is -0.329 e. The van der Waals surface area contributed by atoms with E-state index in [0.29, 0.717) is 18.8 Å². The van der Waals surface area contributed by atoms with E-state index in [4.69, 9.17) is 0 Å². The number of carbonyl (C=O) groups excluding carboxylic acids is 1. The Bertz CT molecular complexity index is 1120. The summed E-state index contributed by atoms with van der Waals surface area (Å²) in [4.78, 5) is 23.9. The summed E-state index contributed by atoms with van der Waals surface area (Å²) in [6.45, 7) is 5.16. The standard InChI is InChI=1S/C24H24N4O/c1-3-19-6-8-20(9-7-19)15-28(16-21-5-4-11-25-14-21)24(29)22-17-27-12-10-18(2)13-23(27)26-22/h4-14,17H,3,15-16H2,1-2H3. The third-order valence-corrected chi connectivity index (χ3v) is 5.02. The van der Waals surface area contributed by atoms with Gasteiger partial charge in [0, 0.05) is 37.9 Å². The van der Waals surface area contributed by atoms with Gasteiger partial charge in [-0.1, -0.05) is 37.3 Å². The molecule has 5 nitrogen and oxygen atoms in total. The van der Waals surface area contributed by atoms with Crippen molar-refractivity contribution in [3.63, 3.8) is 0 Å². The van der Waals surface area contributed by atoms with E-state index < -0.39 is 0 Å². The van der Waals surface area contributed by atoms with Gasteiger partial charge in [0.1, 0.15) is 11.3 Å². The van der Waals surface area contributed by atoms with E-state index in [1.165, 1.54) is 5.56 Å². The fourth-order valence-corrected chi connectivity index (χ4v) is 3.36. The molecule has 3 aromatic heterocycles. The molecule has 0 saturated carbocycles. The largest absolute Gasteiger partial charge is 0.329 e. The third kappa shape index (κ3) is 4.35. The van der Waals surface area contributed by atoms with E-state index >= 15 is 0 Å². The second-order valence-electron chi connectivity index (χ2n) is 7.29. The van der Waals surface area contributed by atoms with E-state index in [0.717, 1.165) is 28.8 Å². The molecule has 0 N–H and O–H groups in total. The Morgan fingerprint density at radius 2 is 1.79 bits per heavy atom. The highest BCUT2D eigenvalue weighted by atomic mass is 16.2. The molecule has 0 aliphatic heterocycles. The first-order valence-electron chi connectivity index (χ1n) is 9.83. The molecule has 4 rings (SSSR count). The minimum absolute atomic E-state index is 0.0882. The molecule has 0 saturated heterocycles. The van der Waals surface area contributed by atoms with Crippen molar-refractivity contribution in [2.45, 2.75) is 33.4 Å². The van der Waals surface area contributed by atoms with E-state index in [1.807, 2.05) is 46.7 Å². The number of aromatic nitrogens is 3. The zero-order valence-electron chi connectivity index (χ0n) is 16.7. The highest BCUT2D eigenvalue weighted by Gasteiger charge is 2.20. The predicted molar refractivity (Wildman–Crippen MR) is 114 cm³/mol. The molecule has 4 aromatic rings. The zero-order valence-corrected chi connectivity index (χ0v) is 16.7. The van der Waals surface area contributed by atoms with Crippen molar-refractivity contribution >= 4 is 11.6 Å². The monoisotopic (exact) mass is 384 g/mol. The van der Waals surface area contributed by atoms with Gasteiger partial charge in [0.05, 0.1) is 0 Å². The van der Waals surface area contributed by atoms with Crippen LogP contribution >= 0.6 is 0 Å². The molecule has 0 aliphatic carbocycles. The van der Waals surface area contributed by atoms with E-state index in [-0.39, 0.29) is 5.91 Å². The summed E-state index contributed by atoms with van der Waals surface area (Å²) in [5.74, 6) is -0.0882. The maximum Gasteiger partial charge on any atom is 0.274 e. The van der Waals surface area contributed by atoms with Crippen LogP contribution in [0.25, 0.3) is 5.65 Å². The highest BCUT2D eigenvalue weighted by molar-refractivity contribution is 5.92. The molecule has 0 unspecified atom stereocenters. The average molecular weight is 384 g/mol. The lowest BCUT2D eigenvalue weighted by atomic mass is 10.1. The molecule has 0 atom stereocenters. The van der Waals surface area contributed by atoms with Crippen LogP contribution < -0.4 is 0 Å². The first-order chi connectivity index (χ1) is 14.1. The van der Waals surface area contributed by atoms with Crippen molar-refractivity contribution < 1.29 is 4.79 Å². The van der Waals surface area contributed by atoms with Crippen LogP contribution in [-0.4, -0.2) is 25.2 Å². The van der Waals surface area contributed by atoms with Gasteiger partial charge in [-0.3, -0.25) is 9.78 Å². The molecule has 3 heterocycles. The zero-order chi connectivity index (χ0) is 20.2. The van der Waals surface area contributed by atoms with Gasteiger partial charge in [-0.25, -0.2) is 4.98 Å². The summed E-state index contributed by atoms with van der Waals surface area (Å²) >= 11 is 0. The number of benzene rings is 1. The number of imidazole rings is 1. The van der Waals surface area contributed by atoms with E-state index in [9.17, 15) is 4.79 Å². The second kappa shape index (κ2) is 8.27. The lowest BCUT2D eigenvalue weighted by Gasteiger charge is -2.22. The van der Waals surface area contributed by atoms with Crippen LogP contribution in [0.4, 0.5) is 0 Å². The summed E-state index contributed by atoms with van der Waals surface area (Å²) in [7, 11) is 0. The van der Waals surface area contributed by atoms with Gasteiger partial charge in [0.2, 0.25) is 0 Å². The molecule has 1 aromatic carbocycles. The summed E-state index contributed by atoms with van der Waals surface area (Å²) in [5.41, 5.74) is 5.72. The third-order valence-electron chi connectivity index (χ3n) is 5.02. The van der Waals surface area contributed by atoms with Gasteiger partial charge in [-0.2, -0.15) is 0 Å². The van der Waals surface area contributed by atoms with Crippen LogP contribution in [0.2, 0.25) is 0 Å². The number of carbonyl (C=O) groups is 1. The van der Waals surface area contributed by atoms with Gasteiger partial charge in [-0.15, -0.1) is 0 Å². The SMILES string of the molecule is CCc1ccc(CN(Cc2cccnc2)C(=O)c2cn3ccc(C)cc3n2)cc1. The number of aryl methyl sites for hydroxylation is 2. The Labute approximate surface area is 170 Å². The van der Waals surface area contributed by atoms with Gasteiger partial charge in [0.15, 0.2) is 0 Å². The maximum atomic E-state index is 13.4. The van der Waals surface area contributed by atoms with E-state index in [1.54, 1.807) is 18.6 Å². The lowest BCUT2D eigenvalue weighted by molar-refractivity contribution is 0.0724. The number of nitrogens with zero attached hydrogens (tertiary/aromatic N) is 4. The van der Waals surface area contributed by atoms with Crippen LogP contribution in [0, 0.1) is 6.92 Å². The molecule has 29 heavy (non-hydrogen) atoms. The average Bonchev–Trinajstić information content (AvgIpc) is 3.17. The molecular weight excluding hydrogens is 360 g/mol. The first-order valence-corrected chi connectivity index (χ1v) is 9.83. The molecule has 0 aliphatic rings. The van der Waals surface area contributed by atoms with Crippen LogP contribution in [0.3, 0.4) is 0 Å². The molecule has 5 heteroatoms. The molecule has 146 valence electrons. The van der Waals surface area contributed by atoms with Gasteiger partial charge >= 0.3 is 0 Å². The second-order valence-corrected chi connectivity index (χ2v) is 7.29. The maximum absolute atomic E-state index is 13.4. The number of fused-ring (bicyclic) bond motifs is 1. The molecule has 1 amide bonds. The van der Waals surface area contributed by atoms with E-state index in [2.05, 4.69) is 41.2 Å². The van der Waals surface area contributed by atoms with Crippen molar-refractivity contribution in [3.8, 4) is 0 Å². The van der Waals surface area contributed by atoms with Crippen molar-refractivity contribution in [2.75, 3.05) is 0 Å².